The number of hydrogen-bond donors (Lipinski definition) is 1. The molecule has 1 aromatic carbocycles. The van der Waals surface area contributed by atoms with Gasteiger partial charge in [0, 0.05) is 55.3 Å². The van der Waals surface area contributed by atoms with Gasteiger partial charge in [0.2, 0.25) is 0 Å². The summed E-state index contributed by atoms with van der Waals surface area (Å²) < 4.78 is 28.7. The minimum Gasteiger partial charge on any atom is -0.356 e. The lowest BCUT2D eigenvalue weighted by Crippen LogP contribution is -2.36. The monoisotopic (exact) mass is 608 g/mol. The summed E-state index contributed by atoms with van der Waals surface area (Å²) in [5, 5.41) is 1.23. The van der Waals surface area contributed by atoms with Crippen molar-refractivity contribution in [2.75, 3.05) is 37.6 Å². The molecule has 230 valence electrons. The first-order valence-corrected chi connectivity index (χ1v) is 16.1. The number of rotatable bonds is 7. The lowest BCUT2D eigenvalue weighted by molar-refractivity contribution is 0.292. The molecule has 3 atom stereocenters. The van der Waals surface area contributed by atoms with E-state index in [-0.39, 0.29) is 5.69 Å². The summed E-state index contributed by atoms with van der Waals surface area (Å²) in [6, 6.07) is 4.45. The molecule has 2 N–H and O–H groups in total. The van der Waals surface area contributed by atoms with Crippen LogP contribution in [0, 0.1) is 31.0 Å². The topological polar surface area (TPSA) is 71.2 Å². The smallest absolute Gasteiger partial charge is 0.175 e. The highest BCUT2D eigenvalue weighted by Crippen LogP contribution is 2.36. The van der Waals surface area contributed by atoms with Crippen molar-refractivity contribution in [1.82, 2.24) is 19.9 Å². The number of aromatic nitrogens is 3. The maximum absolute atomic E-state index is 16.1. The van der Waals surface area contributed by atoms with Crippen molar-refractivity contribution >= 4 is 28.3 Å². The van der Waals surface area contributed by atoms with Crippen molar-refractivity contribution in [2.45, 2.75) is 83.8 Å². The number of halogens is 3. The summed E-state index contributed by atoms with van der Waals surface area (Å²) >= 11 is 6.57. The molecule has 9 heteroatoms. The third-order valence-electron chi connectivity index (χ3n) is 8.94. The van der Waals surface area contributed by atoms with E-state index in [9.17, 15) is 4.39 Å². The first-order chi connectivity index (χ1) is 20.8. The van der Waals surface area contributed by atoms with Crippen LogP contribution in [0.15, 0.2) is 18.3 Å². The van der Waals surface area contributed by atoms with Gasteiger partial charge in [0.1, 0.15) is 29.0 Å². The Kier molecular flexibility index (Phi) is 10.5. The van der Waals surface area contributed by atoms with Crippen LogP contribution in [0.5, 0.6) is 0 Å². The molecule has 0 bridgehead atoms. The van der Waals surface area contributed by atoms with Crippen LogP contribution in [-0.4, -0.2) is 64.8 Å². The van der Waals surface area contributed by atoms with Crippen LogP contribution >= 0.6 is 11.6 Å². The number of piperidine rings is 1. The predicted octanol–water partition coefficient (Wildman–Crippen LogP) is 6.68. The average molecular weight is 609 g/mol. The minimum atomic E-state index is -0.518. The molecule has 2 aromatic heterocycles. The number of hydrogen-bond acceptors (Lipinski definition) is 6. The van der Waals surface area contributed by atoms with Crippen molar-refractivity contribution < 1.29 is 8.78 Å². The van der Waals surface area contributed by atoms with Crippen molar-refractivity contribution in [3.8, 4) is 23.6 Å². The van der Waals surface area contributed by atoms with Crippen LogP contribution in [0.3, 0.4) is 0 Å². The van der Waals surface area contributed by atoms with E-state index in [4.69, 9.17) is 28.7 Å². The van der Waals surface area contributed by atoms with Gasteiger partial charge in [0.25, 0.3) is 0 Å². The molecule has 5 heterocycles. The molecule has 6 nitrogen and oxygen atoms in total. The minimum absolute atomic E-state index is 0.265. The van der Waals surface area contributed by atoms with Gasteiger partial charge in [-0.1, -0.05) is 18.5 Å². The molecule has 3 aliphatic rings. The zero-order valence-corrected chi connectivity index (χ0v) is 26.1. The maximum atomic E-state index is 16.1. The number of alkyl halides is 1. The standard InChI is InChI=1S/C27H31ClFN5.C7H12FN/c1-4-8-18-9-7-12-34(16-18)27-21-15-31-25(24(29)26(21)32-23(5-2)33-27)20-13-17(3)14-22(28)19(20)10-6-11-30;8-6-4-7-2-1-3-9(7)5-6/h1,13-15,18H,5-12,16,30H2,2-3H3;6-7H,1-5H2. The van der Waals surface area contributed by atoms with E-state index in [1.807, 2.05) is 26.0 Å². The Labute approximate surface area is 259 Å². The van der Waals surface area contributed by atoms with E-state index in [1.54, 1.807) is 6.20 Å². The van der Waals surface area contributed by atoms with Crippen LogP contribution in [0.25, 0.3) is 22.2 Å². The summed E-state index contributed by atoms with van der Waals surface area (Å²) in [4.78, 5) is 18.5. The van der Waals surface area contributed by atoms with Gasteiger partial charge >= 0.3 is 0 Å². The number of benzene rings is 1. The molecule has 0 spiro atoms. The van der Waals surface area contributed by atoms with E-state index in [0.29, 0.717) is 65.2 Å². The fourth-order valence-corrected chi connectivity index (χ4v) is 7.18. The highest BCUT2D eigenvalue weighted by molar-refractivity contribution is 6.31. The Bertz CT molecular complexity index is 1460. The van der Waals surface area contributed by atoms with E-state index >= 15 is 4.39 Å². The Balaban J connectivity index is 0.000000345. The molecule has 3 aromatic rings. The van der Waals surface area contributed by atoms with Crippen LogP contribution in [-0.2, 0) is 12.8 Å². The number of nitrogens with zero attached hydrogens (tertiary/aromatic N) is 5. The molecule has 3 saturated heterocycles. The number of terminal acetylenes is 1. The number of anilines is 1. The van der Waals surface area contributed by atoms with Crippen LogP contribution < -0.4 is 10.6 Å². The van der Waals surface area contributed by atoms with Crippen LogP contribution in [0.2, 0.25) is 5.02 Å². The van der Waals surface area contributed by atoms with Gasteiger partial charge in [-0.25, -0.2) is 18.7 Å². The zero-order chi connectivity index (χ0) is 30.5. The van der Waals surface area contributed by atoms with E-state index in [0.717, 1.165) is 68.7 Å². The van der Waals surface area contributed by atoms with E-state index < -0.39 is 12.0 Å². The van der Waals surface area contributed by atoms with Gasteiger partial charge < -0.3 is 10.6 Å². The van der Waals surface area contributed by atoms with Gasteiger partial charge in [-0.05, 0) is 94.1 Å². The van der Waals surface area contributed by atoms with Crippen LogP contribution in [0.1, 0.15) is 68.8 Å². The van der Waals surface area contributed by atoms with Crippen LogP contribution in [0.4, 0.5) is 14.6 Å². The summed E-state index contributed by atoms with van der Waals surface area (Å²) in [6.45, 7) is 7.98. The Morgan fingerprint density at radius 3 is 2.72 bits per heavy atom. The largest absolute Gasteiger partial charge is 0.356 e. The van der Waals surface area contributed by atoms with Crippen molar-refractivity contribution in [3.05, 3.63) is 46.1 Å². The van der Waals surface area contributed by atoms with E-state index in [2.05, 4.69) is 25.7 Å². The third-order valence-corrected chi connectivity index (χ3v) is 9.27. The highest BCUT2D eigenvalue weighted by Gasteiger charge is 2.34. The number of pyridine rings is 1. The Morgan fingerprint density at radius 1 is 1.16 bits per heavy atom. The van der Waals surface area contributed by atoms with Crippen molar-refractivity contribution in [2.24, 2.45) is 11.7 Å². The predicted molar refractivity (Wildman–Crippen MR) is 172 cm³/mol. The molecule has 3 aliphatic heterocycles. The molecule has 0 amide bonds. The molecular weight excluding hydrogens is 566 g/mol. The molecular formula is C34H43ClF2N6. The fourth-order valence-electron chi connectivity index (χ4n) is 6.81. The second-order valence-electron chi connectivity index (χ2n) is 12.2. The molecule has 0 radical (unpaired) electrons. The summed E-state index contributed by atoms with van der Waals surface area (Å²) in [5.41, 5.74) is 8.80. The Hall–Kier alpha value is -2.86. The quantitative estimate of drug-likeness (QED) is 0.302. The SMILES string of the molecule is C#CCC1CCCN(c2nc(CC)nc3c(F)c(-c4cc(C)cc(Cl)c4CCCN)ncc23)C1.FC1CC2CCCN2C1. The first-order valence-electron chi connectivity index (χ1n) is 15.7. The Morgan fingerprint density at radius 2 is 1.98 bits per heavy atom. The molecule has 6 rings (SSSR count). The average Bonchev–Trinajstić information content (AvgIpc) is 3.58. The summed E-state index contributed by atoms with van der Waals surface area (Å²) in [5.74, 6) is 4.11. The normalized spacial score (nSPS) is 21.9. The van der Waals surface area contributed by atoms with Gasteiger partial charge in [-0.15, -0.1) is 12.3 Å². The van der Waals surface area contributed by atoms with Crippen molar-refractivity contribution in [3.63, 3.8) is 0 Å². The summed E-state index contributed by atoms with van der Waals surface area (Å²) in [7, 11) is 0. The molecule has 3 unspecified atom stereocenters. The first kappa shape index (κ1) is 31.6. The zero-order valence-electron chi connectivity index (χ0n) is 25.4. The second kappa shape index (κ2) is 14.3. The van der Waals surface area contributed by atoms with Gasteiger partial charge in [0.05, 0.1) is 5.39 Å². The molecule has 0 saturated carbocycles. The fraction of sp³-hybridized carbons (Fsp3) is 0.559. The molecule has 3 fully saturated rings. The second-order valence-corrected chi connectivity index (χ2v) is 12.6. The third kappa shape index (κ3) is 7.11. The van der Waals surface area contributed by atoms with E-state index in [1.165, 1.54) is 12.8 Å². The number of nitrogens with two attached hydrogens (primary N) is 1. The van der Waals surface area contributed by atoms with Crippen molar-refractivity contribution in [1.29, 1.82) is 0 Å². The van der Waals surface area contributed by atoms with Gasteiger partial charge in [-0.2, -0.15) is 0 Å². The van der Waals surface area contributed by atoms with Gasteiger partial charge in [0.15, 0.2) is 5.82 Å². The number of aryl methyl sites for hydroxylation is 2. The van der Waals surface area contributed by atoms with Gasteiger partial charge in [-0.3, -0.25) is 9.88 Å². The molecule has 43 heavy (non-hydrogen) atoms. The molecule has 0 aliphatic carbocycles. The number of fused-ring (bicyclic) bond motifs is 2. The lowest BCUT2D eigenvalue weighted by Gasteiger charge is -2.33. The highest BCUT2D eigenvalue weighted by atomic mass is 35.5. The lowest BCUT2D eigenvalue weighted by atomic mass is 9.95. The maximum Gasteiger partial charge on any atom is 0.175 e. The summed E-state index contributed by atoms with van der Waals surface area (Å²) in [6.07, 6.45) is 15.0.